The molecule has 0 radical (unpaired) electrons. The molecule has 0 saturated carbocycles. The number of carbonyl (C=O) groups excluding carboxylic acids is 2. The van der Waals surface area contributed by atoms with E-state index in [0.29, 0.717) is 34.1 Å². The molecule has 0 aliphatic rings. The van der Waals surface area contributed by atoms with Crippen molar-refractivity contribution in [2.45, 2.75) is 45.6 Å². The lowest BCUT2D eigenvalue weighted by Crippen LogP contribution is -2.42. The van der Waals surface area contributed by atoms with Crippen LogP contribution in [0.4, 0.5) is 5.69 Å². The average Bonchev–Trinajstić information content (AvgIpc) is 3.38. The maximum Gasteiger partial charge on any atom is 0.326 e. The molecular formula is C30H30N4O5. The fraction of sp³-hybridized carbons (Fsp3) is 0.233. The zero-order valence-corrected chi connectivity index (χ0v) is 22.2. The summed E-state index contributed by atoms with van der Waals surface area (Å²) in [6.07, 6.45) is 0.111. The van der Waals surface area contributed by atoms with E-state index in [-0.39, 0.29) is 17.7 Å². The van der Waals surface area contributed by atoms with Crippen LogP contribution in [0, 0.1) is 0 Å². The molecule has 0 bridgehead atoms. The molecular weight excluding hydrogens is 496 g/mol. The van der Waals surface area contributed by atoms with Gasteiger partial charge in [-0.3, -0.25) is 9.59 Å². The molecule has 3 N–H and O–H groups in total. The highest BCUT2D eigenvalue weighted by atomic mass is 16.5. The zero-order chi connectivity index (χ0) is 28.2. The van der Waals surface area contributed by atoms with E-state index >= 15 is 0 Å². The van der Waals surface area contributed by atoms with E-state index in [9.17, 15) is 19.5 Å². The van der Waals surface area contributed by atoms with Crippen molar-refractivity contribution in [3.63, 3.8) is 0 Å². The Morgan fingerprint density at radius 2 is 1.51 bits per heavy atom. The predicted molar refractivity (Wildman–Crippen MR) is 147 cm³/mol. The lowest BCUT2D eigenvalue weighted by molar-refractivity contribution is -0.139. The molecule has 9 nitrogen and oxygen atoms in total. The summed E-state index contributed by atoms with van der Waals surface area (Å²) in [5.41, 5.74) is 4.23. The standard InChI is InChI=1S/C30H30N4O5/c1-18(35)31-24-15-11-22(12-16-24)28-33-26(34-39-28)20-7-5-19(6-8-20)17-25(29(37)38)32-27(36)21-9-13-23(14-10-21)30(2,3)4/h5-16,25H,17H2,1-4H3,(H,31,35)(H,32,36)(H,37,38)/t25-/m0/s1. The van der Waals surface area contributed by atoms with Crippen LogP contribution < -0.4 is 10.6 Å². The van der Waals surface area contributed by atoms with Crippen molar-refractivity contribution in [1.82, 2.24) is 15.5 Å². The predicted octanol–water partition coefficient (Wildman–Crippen LogP) is 5.09. The first-order valence-electron chi connectivity index (χ1n) is 12.4. The van der Waals surface area contributed by atoms with Crippen LogP contribution in [0.5, 0.6) is 0 Å². The third-order valence-electron chi connectivity index (χ3n) is 6.15. The summed E-state index contributed by atoms with van der Waals surface area (Å²) >= 11 is 0. The Morgan fingerprint density at radius 3 is 2.08 bits per heavy atom. The molecule has 200 valence electrons. The molecule has 9 heteroatoms. The maximum absolute atomic E-state index is 12.7. The summed E-state index contributed by atoms with van der Waals surface area (Å²) in [6.45, 7) is 7.69. The molecule has 4 rings (SSSR count). The second kappa shape index (κ2) is 11.3. The van der Waals surface area contributed by atoms with Gasteiger partial charge in [0.15, 0.2) is 0 Å². The van der Waals surface area contributed by atoms with Gasteiger partial charge in [0.05, 0.1) is 0 Å². The third kappa shape index (κ3) is 6.95. The van der Waals surface area contributed by atoms with Crippen molar-refractivity contribution >= 4 is 23.5 Å². The number of aromatic nitrogens is 2. The lowest BCUT2D eigenvalue weighted by atomic mass is 9.86. The summed E-state index contributed by atoms with van der Waals surface area (Å²) < 4.78 is 5.39. The highest BCUT2D eigenvalue weighted by molar-refractivity contribution is 5.96. The molecule has 0 unspecified atom stereocenters. The number of hydrogen-bond acceptors (Lipinski definition) is 6. The number of aliphatic carboxylic acids is 1. The molecule has 0 aliphatic heterocycles. The van der Waals surface area contributed by atoms with Crippen LogP contribution in [0.15, 0.2) is 77.3 Å². The molecule has 0 aliphatic carbocycles. The Labute approximate surface area is 226 Å². The van der Waals surface area contributed by atoms with E-state index in [0.717, 1.165) is 11.1 Å². The first-order chi connectivity index (χ1) is 18.5. The van der Waals surface area contributed by atoms with Crippen LogP contribution >= 0.6 is 0 Å². The van der Waals surface area contributed by atoms with Gasteiger partial charge in [0.25, 0.3) is 11.8 Å². The molecule has 0 saturated heterocycles. The monoisotopic (exact) mass is 526 g/mol. The van der Waals surface area contributed by atoms with Crippen LogP contribution in [-0.4, -0.2) is 39.1 Å². The van der Waals surface area contributed by atoms with Gasteiger partial charge in [-0.1, -0.05) is 62.3 Å². The van der Waals surface area contributed by atoms with Gasteiger partial charge < -0.3 is 20.3 Å². The molecule has 2 amide bonds. The second-order valence-corrected chi connectivity index (χ2v) is 10.3. The van der Waals surface area contributed by atoms with Crippen molar-refractivity contribution in [2.24, 2.45) is 0 Å². The Hall–Kier alpha value is -4.79. The molecule has 1 heterocycles. The summed E-state index contributed by atoms with van der Waals surface area (Å²) in [6, 6.07) is 20.2. The highest BCUT2D eigenvalue weighted by Crippen LogP contribution is 2.25. The number of benzene rings is 3. The minimum absolute atomic E-state index is 0.0475. The van der Waals surface area contributed by atoms with Crippen molar-refractivity contribution in [1.29, 1.82) is 0 Å². The van der Waals surface area contributed by atoms with Gasteiger partial charge in [0.1, 0.15) is 6.04 Å². The lowest BCUT2D eigenvalue weighted by Gasteiger charge is -2.19. The van der Waals surface area contributed by atoms with Gasteiger partial charge in [0.2, 0.25) is 11.7 Å². The van der Waals surface area contributed by atoms with Crippen LogP contribution in [0.1, 0.15) is 49.2 Å². The van der Waals surface area contributed by atoms with Crippen LogP contribution in [-0.2, 0) is 21.4 Å². The van der Waals surface area contributed by atoms with Crippen molar-refractivity contribution in [3.05, 3.63) is 89.5 Å². The van der Waals surface area contributed by atoms with Gasteiger partial charge in [-0.15, -0.1) is 0 Å². The maximum atomic E-state index is 12.7. The minimum atomic E-state index is -1.12. The van der Waals surface area contributed by atoms with E-state index in [2.05, 4.69) is 41.5 Å². The average molecular weight is 527 g/mol. The second-order valence-electron chi connectivity index (χ2n) is 10.3. The Kier molecular flexibility index (Phi) is 7.90. The van der Waals surface area contributed by atoms with E-state index in [1.807, 2.05) is 12.1 Å². The Bertz CT molecular complexity index is 1470. The number of carboxylic acids is 1. The smallest absolute Gasteiger partial charge is 0.326 e. The first-order valence-corrected chi connectivity index (χ1v) is 12.4. The Morgan fingerprint density at radius 1 is 0.897 bits per heavy atom. The van der Waals surface area contributed by atoms with Gasteiger partial charge in [-0.25, -0.2) is 4.79 Å². The largest absolute Gasteiger partial charge is 0.480 e. The SMILES string of the molecule is CC(=O)Nc1ccc(-c2nc(-c3ccc(C[C@H](NC(=O)c4ccc(C(C)(C)C)cc4)C(=O)O)cc3)no2)cc1. The molecule has 0 spiro atoms. The van der Waals surface area contributed by atoms with Crippen LogP contribution in [0.3, 0.4) is 0 Å². The number of carbonyl (C=O) groups is 3. The first kappa shape index (κ1) is 27.3. The Balaban J connectivity index is 1.41. The number of nitrogens with zero attached hydrogens (tertiary/aromatic N) is 2. The van der Waals surface area contributed by atoms with Crippen molar-refractivity contribution < 1.29 is 24.0 Å². The molecule has 0 fully saturated rings. The zero-order valence-electron chi connectivity index (χ0n) is 22.2. The van der Waals surface area contributed by atoms with Gasteiger partial charge >= 0.3 is 5.97 Å². The third-order valence-corrected chi connectivity index (χ3v) is 6.15. The van der Waals surface area contributed by atoms with Gasteiger partial charge in [0, 0.05) is 35.7 Å². The van der Waals surface area contributed by atoms with E-state index < -0.39 is 17.9 Å². The fourth-order valence-electron chi connectivity index (χ4n) is 3.95. The number of anilines is 1. The fourth-order valence-corrected chi connectivity index (χ4v) is 3.95. The summed E-state index contributed by atoms with van der Waals surface area (Å²) in [7, 11) is 0. The molecule has 4 aromatic rings. The topological polar surface area (TPSA) is 134 Å². The molecule has 1 aromatic heterocycles. The number of hydrogen-bond donors (Lipinski definition) is 3. The number of rotatable bonds is 8. The van der Waals surface area contributed by atoms with E-state index in [1.54, 1.807) is 60.7 Å². The summed E-state index contributed by atoms with van der Waals surface area (Å²) in [5.74, 6) is -1.01. The van der Waals surface area contributed by atoms with Crippen LogP contribution in [0.2, 0.25) is 0 Å². The molecule has 39 heavy (non-hydrogen) atoms. The van der Waals surface area contributed by atoms with Gasteiger partial charge in [-0.05, 0) is 52.9 Å². The van der Waals surface area contributed by atoms with Crippen molar-refractivity contribution in [3.8, 4) is 22.8 Å². The normalized spacial score (nSPS) is 12.0. The quantitative estimate of drug-likeness (QED) is 0.291. The van der Waals surface area contributed by atoms with E-state index in [1.165, 1.54) is 6.92 Å². The number of carboxylic acid groups (broad SMARTS) is 1. The van der Waals surface area contributed by atoms with Crippen molar-refractivity contribution in [2.75, 3.05) is 5.32 Å². The molecule has 3 aromatic carbocycles. The molecule has 1 atom stereocenters. The van der Waals surface area contributed by atoms with E-state index in [4.69, 9.17) is 4.52 Å². The minimum Gasteiger partial charge on any atom is -0.480 e. The highest BCUT2D eigenvalue weighted by Gasteiger charge is 2.22. The summed E-state index contributed by atoms with van der Waals surface area (Å²) in [4.78, 5) is 40.2. The number of nitrogens with one attached hydrogen (secondary N) is 2. The van der Waals surface area contributed by atoms with Crippen LogP contribution in [0.25, 0.3) is 22.8 Å². The summed E-state index contributed by atoms with van der Waals surface area (Å²) in [5, 5.41) is 19.1. The number of amides is 2. The van der Waals surface area contributed by atoms with Gasteiger partial charge in [-0.2, -0.15) is 4.98 Å².